The second kappa shape index (κ2) is 13.5. The van der Waals surface area contributed by atoms with Gasteiger partial charge in [0.15, 0.2) is 23.8 Å². The molecule has 0 saturated heterocycles. The lowest BCUT2D eigenvalue weighted by Crippen LogP contribution is -2.30. The van der Waals surface area contributed by atoms with Gasteiger partial charge in [0.1, 0.15) is 18.2 Å². The van der Waals surface area contributed by atoms with Crippen molar-refractivity contribution in [3.05, 3.63) is 58.7 Å². The number of nitrogens with zero attached hydrogens (tertiary/aromatic N) is 1. The van der Waals surface area contributed by atoms with E-state index in [1.54, 1.807) is 14.2 Å². The standard InChI is InChI=1S/C29H40F2NO2/c1-4-5-6-7-8-9-10-11-12-16-27-23-20-29(34-3)28(33-2)19-22(23)17-18-32(27)21-24-25(30)14-13-15-26(24)31/h13-15,19-20H,4-12,16-18,21H2,1-3H3/q+1. The largest absolute Gasteiger partial charge is 0.493 e. The molecule has 1 heterocycles. The lowest BCUT2D eigenvalue weighted by Gasteiger charge is -2.21. The van der Waals surface area contributed by atoms with E-state index in [1.165, 1.54) is 75.1 Å². The molecule has 2 aromatic rings. The number of rotatable bonds is 14. The minimum absolute atomic E-state index is 0.135. The van der Waals surface area contributed by atoms with Crippen LogP contribution in [-0.2, 0) is 13.0 Å². The Morgan fingerprint density at radius 2 is 1.41 bits per heavy atom. The summed E-state index contributed by atoms with van der Waals surface area (Å²) in [5.74, 6) is 0.433. The van der Waals surface area contributed by atoms with E-state index in [9.17, 15) is 8.78 Å². The molecule has 0 bridgehead atoms. The molecule has 0 N–H and O–H groups in total. The highest BCUT2D eigenvalue weighted by Gasteiger charge is 2.29. The summed E-state index contributed by atoms with van der Waals surface area (Å²) in [7, 11) is 3.28. The second-order valence-electron chi connectivity index (χ2n) is 9.26. The molecule has 0 spiro atoms. The van der Waals surface area contributed by atoms with Gasteiger partial charge in [-0.05, 0) is 36.2 Å². The lowest BCUT2D eigenvalue weighted by atomic mass is 9.92. The Morgan fingerprint density at radius 1 is 0.824 bits per heavy atom. The molecule has 0 radical (unpaired) electrons. The molecule has 1 aliphatic heterocycles. The fraction of sp³-hybridized carbons (Fsp3) is 0.552. The molecule has 3 nitrogen and oxygen atoms in total. The van der Waals surface area contributed by atoms with Crippen LogP contribution in [0.4, 0.5) is 8.78 Å². The zero-order valence-electron chi connectivity index (χ0n) is 21.1. The van der Waals surface area contributed by atoms with Crippen molar-refractivity contribution < 1.29 is 22.8 Å². The van der Waals surface area contributed by atoms with Crippen molar-refractivity contribution in [2.75, 3.05) is 20.8 Å². The molecule has 1 aliphatic rings. The highest BCUT2D eigenvalue weighted by Crippen LogP contribution is 2.33. The fourth-order valence-electron chi connectivity index (χ4n) is 4.90. The quantitative estimate of drug-likeness (QED) is 0.210. The number of ether oxygens (including phenoxy) is 2. The Balaban J connectivity index is 1.77. The summed E-state index contributed by atoms with van der Waals surface area (Å²) in [6, 6.07) is 8.17. The molecule has 0 amide bonds. The van der Waals surface area contributed by atoms with E-state index in [0.29, 0.717) is 5.75 Å². The summed E-state index contributed by atoms with van der Waals surface area (Å²) in [6.07, 6.45) is 13.0. The van der Waals surface area contributed by atoms with Crippen molar-refractivity contribution in [3.8, 4) is 11.5 Å². The van der Waals surface area contributed by atoms with Crippen LogP contribution in [0.25, 0.3) is 0 Å². The molecule has 3 rings (SSSR count). The van der Waals surface area contributed by atoms with Crippen molar-refractivity contribution in [1.29, 1.82) is 0 Å². The third kappa shape index (κ3) is 6.80. The highest BCUT2D eigenvalue weighted by molar-refractivity contribution is 5.99. The molecule has 186 valence electrons. The number of hydrogen-bond donors (Lipinski definition) is 0. The van der Waals surface area contributed by atoms with Crippen LogP contribution in [0, 0.1) is 11.6 Å². The van der Waals surface area contributed by atoms with Gasteiger partial charge in [0.05, 0.1) is 19.8 Å². The monoisotopic (exact) mass is 472 g/mol. The van der Waals surface area contributed by atoms with Crippen LogP contribution in [0.5, 0.6) is 11.5 Å². The summed E-state index contributed by atoms with van der Waals surface area (Å²) in [5, 5.41) is 0. The van der Waals surface area contributed by atoms with E-state index in [0.717, 1.165) is 42.8 Å². The van der Waals surface area contributed by atoms with Gasteiger partial charge in [-0.1, -0.05) is 64.4 Å². The van der Waals surface area contributed by atoms with Crippen molar-refractivity contribution >= 4 is 5.71 Å². The Labute approximate surface area is 203 Å². The van der Waals surface area contributed by atoms with Crippen LogP contribution in [0.15, 0.2) is 30.3 Å². The van der Waals surface area contributed by atoms with Crippen molar-refractivity contribution in [1.82, 2.24) is 0 Å². The van der Waals surface area contributed by atoms with Crippen LogP contribution < -0.4 is 9.47 Å². The van der Waals surface area contributed by atoms with Gasteiger partial charge >= 0.3 is 0 Å². The van der Waals surface area contributed by atoms with Gasteiger partial charge in [0.2, 0.25) is 0 Å². The number of fused-ring (bicyclic) bond motifs is 1. The van der Waals surface area contributed by atoms with Gasteiger partial charge in [0, 0.05) is 18.4 Å². The third-order valence-corrected chi connectivity index (χ3v) is 6.88. The first-order chi connectivity index (χ1) is 16.6. The number of halogens is 2. The van der Waals surface area contributed by atoms with E-state index in [4.69, 9.17) is 9.47 Å². The number of benzene rings is 2. The highest BCUT2D eigenvalue weighted by atomic mass is 19.1. The Kier molecular flexibility index (Phi) is 10.4. The van der Waals surface area contributed by atoms with Crippen molar-refractivity contribution in [3.63, 3.8) is 0 Å². The van der Waals surface area contributed by atoms with Gasteiger partial charge in [0.25, 0.3) is 0 Å². The van der Waals surface area contributed by atoms with Gasteiger partial charge in [-0.25, -0.2) is 13.4 Å². The average molecular weight is 473 g/mol. The van der Waals surface area contributed by atoms with E-state index in [2.05, 4.69) is 11.5 Å². The minimum Gasteiger partial charge on any atom is -0.493 e. The van der Waals surface area contributed by atoms with E-state index >= 15 is 0 Å². The zero-order valence-corrected chi connectivity index (χ0v) is 21.1. The summed E-state index contributed by atoms with van der Waals surface area (Å²) >= 11 is 0. The van der Waals surface area contributed by atoms with E-state index in [-0.39, 0.29) is 12.1 Å². The first kappa shape index (κ1) is 26.2. The molecular formula is C29H40F2NO2+. The van der Waals surface area contributed by atoms with E-state index in [1.807, 2.05) is 12.1 Å². The van der Waals surface area contributed by atoms with Crippen LogP contribution in [0.3, 0.4) is 0 Å². The summed E-state index contributed by atoms with van der Waals surface area (Å²) in [4.78, 5) is 0. The van der Waals surface area contributed by atoms with Crippen LogP contribution >= 0.6 is 0 Å². The lowest BCUT2D eigenvalue weighted by molar-refractivity contribution is -0.546. The molecule has 0 aromatic heterocycles. The molecule has 0 aliphatic carbocycles. The van der Waals surface area contributed by atoms with Crippen LogP contribution in [-0.4, -0.2) is 31.1 Å². The maximum Gasteiger partial charge on any atom is 0.184 e. The maximum absolute atomic E-state index is 14.4. The number of hydrogen-bond acceptors (Lipinski definition) is 2. The minimum atomic E-state index is -0.486. The van der Waals surface area contributed by atoms with Crippen LogP contribution in [0.1, 0.15) is 87.8 Å². The first-order valence-electron chi connectivity index (χ1n) is 12.9. The van der Waals surface area contributed by atoms with Gasteiger partial charge in [-0.3, -0.25) is 0 Å². The summed E-state index contributed by atoms with van der Waals surface area (Å²) in [5.41, 5.74) is 3.60. The topological polar surface area (TPSA) is 21.5 Å². The predicted octanol–water partition coefficient (Wildman–Crippen LogP) is 7.46. The van der Waals surface area contributed by atoms with Gasteiger partial charge in [-0.2, -0.15) is 0 Å². The van der Waals surface area contributed by atoms with E-state index < -0.39 is 11.6 Å². The number of unbranched alkanes of at least 4 members (excludes halogenated alkanes) is 8. The van der Waals surface area contributed by atoms with Crippen molar-refractivity contribution in [2.45, 2.75) is 84.1 Å². The van der Waals surface area contributed by atoms with Crippen molar-refractivity contribution in [2.24, 2.45) is 0 Å². The zero-order chi connectivity index (χ0) is 24.3. The Morgan fingerprint density at radius 3 is 2.03 bits per heavy atom. The molecule has 0 unspecified atom stereocenters. The Hall–Kier alpha value is -2.43. The molecule has 0 fully saturated rings. The van der Waals surface area contributed by atoms with Gasteiger partial charge in [-0.15, -0.1) is 0 Å². The normalized spacial score (nSPS) is 13.2. The number of methoxy groups -OCH3 is 2. The maximum atomic E-state index is 14.4. The third-order valence-electron chi connectivity index (χ3n) is 6.88. The summed E-state index contributed by atoms with van der Waals surface area (Å²) in [6.45, 7) is 3.21. The molecular weight excluding hydrogens is 432 g/mol. The van der Waals surface area contributed by atoms with Gasteiger partial charge < -0.3 is 9.47 Å². The smallest absolute Gasteiger partial charge is 0.184 e. The predicted molar refractivity (Wildman–Crippen MR) is 134 cm³/mol. The first-order valence-corrected chi connectivity index (χ1v) is 12.9. The molecule has 0 atom stereocenters. The summed E-state index contributed by atoms with van der Waals surface area (Å²) < 4.78 is 42.1. The molecule has 5 heteroatoms. The molecule has 0 saturated carbocycles. The second-order valence-corrected chi connectivity index (χ2v) is 9.26. The SMILES string of the molecule is CCCCCCCCCCCC1=[N+](Cc2c(F)cccc2F)CCc2cc(OC)c(OC)cc21. The molecule has 34 heavy (non-hydrogen) atoms. The Bertz CT molecular complexity index is 951. The molecule has 2 aromatic carbocycles. The van der Waals surface area contributed by atoms with Crippen LogP contribution in [0.2, 0.25) is 0 Å². The fourth-order valence-corrected chi connectivity index (χ4v) is 4.90. The average Bonchev–Trinajstić information content (AvgIpc) is 2.85.